The second-order valence-corrected chi connectivity index (χ2v) is 3.98. The van der Waals surface area contributed by atoms with Gasteiger partial charge in [-0.2, -0.15) is 0 Å². The normalized spacial score (nSPS) is 12.1. The maximum absolute atomic E-state index is 9.62. The summed E-state index contributed by atoms with van der Waals surface area (Å²) in [6.45, 7) is 3.93. The largest absolute Gasteiger partial charge is 0.395 e. The summed E-state index contributed by atoms with van der Waals surface area (Å²) in [6.07, 6.45) is 1.83. The van der Waals surface area contributed by atoms with Crippen molar-refractivity contribution in [3.05, 3.63) is 77.9 Å². The molecule has 2 aromatic rings. The predicted octanol–water partition coefficient (Wildman–Crippen LogP) is 3.45. The smallest absolute Gasteiger partial charge is 0.0540 e. The molecule has 0 aliphatic carbocycles. The summed E-state index contributed by atoms with van der Waals surface area (Å²) in [6, 6.07) is 18.1. The van der Waals surface area contributed by atoms with Gasteiger partial charge in [0.25, 0.3) is 0 Å². The lowest BCUT2D eigenvalue weighted by atomic mass is 9.89. The Morgan fingerprint density at radius 2 is 1.65 bits per heavy atom. The van der Waals surface area contributed by atoms with Gasteiger partial charge in [0, 0.05) is 5.92 Å². The van der Waals surface area contributed by atoms with E-state index in [2.05, 4.69) is 6.58 Å². The van der Waals surface area contributed by atoms with Crippen LogP contribution in [0.15, 0.2) is 61.2 Å². The average molecular weight is 224 g/mol. The van der Waals surface area contributed by atoms with Gasteiger partial charge >= 0.3 is 0 Å². The molecule has 1 atom stereocenters. The fourth-order valence-corrected chi connectivity index (χ4v) is 2.08. The van der Waals surface area contributed by atoms with E-state index in [1.54, 1.807) is 0 Å². The van der Waals surface area contributed by atoms with Crippen LogP contribution in [-0.4, -0.2) is 11.7 Å². The Bertz CT molecular complexity index is 488. The molecule has 0 spiro atoms. The highest BCUT2D eigenvalue weighted by Gasteiger charge is 2.14. The van der Waals surface area contributed by atoms with Crippen LogP contribution in [0.4, 0.5) is 0 Å². The van der Waals surface area contributed by atoms with E-state index in [0.717, 1.165) is 16.7 Å². The molecular weight excluding hydrogens is 208 g/mol. The molecule has 0 aromatic heterocycles. The molecule has 86 valence electrons. The van der Waals surface area contributed by atoms with Crippen LogP contribution >= 0.6 is 0 Å². The van der Waals surface area contributed by atoms with Gasteiger partial charge < -0.3 is 5.11 Å². The third-order valence-corrected chi connectivity index (χ3v) is 2.98. The molecule has 0 saturated carbocycles. The lowest BCUT2D eigenvalue weighted by Gasteiger charge is -2.17. The first-order chi connectivity index (χ1) is 8.36. The Hall–Kier alpha value is -1.86. The minimum Gasteiger partial charge on any atom is -0.395 e. The standard InChI is InChI=1S/C16H16O/c1-2-13-8-6-7-11-15(13)16(12-17)14-9-4-3-5-10-14/h2-11,16-17H,1,12H2. The van der Waals surface area contributed by atoms with Crippen LogP contribution < -0.4 is 0 Å². The minimum atomic E-state index is 0.0189. The van der Waals surface area contributed by atoms with Crippen molar-refractivity contribution in [2.45, 2.75) is 5.92 Å². The zero-order valence-electron chi connectivity index (χ0n) is 9.71. The van der Waals surface area contributed by atoms with Crippen LogP contribution in [0.3, 0.4) is 0 Å². The molecule has 0 fully saturated rings. The molecule has 0 saturated heterocycles. The number of benzene rings is 2. The van der Waals surface area contributed by atoms with Crippen molar-refractivity contribution in [3.63, 3.8) is 0 Å². The van der Waals surface area contributed by atoms with Crippen LogP contribution in [0.25, 0.3) is 6.08 Å². The molecule has 17 heavy (non-hydrogen) atoms. The number of hydrogen-bond donors (Lipinski definition) is 1. The topological polar surface area (TPSA) is 20.2 Å². The molecule has 1 heteroatoms. The first-order valence-electron chi connectivity index (χ1n) is 5.74. The number of hydrogen-bond acceptors (Lipinski definition) is 1. The van der Waals surface area contributed by atoms with E-state index < -0.39 is 0 Å². The second-order valence-electron chi connectivity index (χ2n) is 3.98. The fraction of sp³-hybridized carbons (Fsp3) is 0.125. The zero-order chi connectivity index (χ0) is 12.1. The Kier molecular flexibility index (Phi) is 3.73. The molecular formula is C16H16O. The van der Waals surface area contributed by atoms with Gasteiger partial charge in [0.15, 0.2) is 0 Å². The van der Waals surface area contributed by atoms with Crippen LogP contribution in [0.1, 0.15) is 22.6 Å². The van der Waals surface area contributed by atoms with Crippen molar-refractivity contribution in [2.24, 2.45) is 0 Å². The number of aliphatic hydroxyl groups excluding tert-OH is 1. The third-order valence-electron chi connectivity index (χ3n) is 2.98. The van der Waals surface area contributed by atoms with Gasteiger partial charge in [-0.1, -0.05) is 67.3 Å². The summed E-state index contributed by atoms with van der Waals surface area (Å²) in [5.74, 6) is 0.0189. The summed E-state index contributed by atoms with van der Waals surface area (Å²) in [5, 5.41) is 9.62. The van der Waals surface area contributed by atoms with E-state index in [9.17, 15) is 5.11 Å². The van der Waals surface area contributed by atoms with Crippen molar-refractivity contribution in [1.29, 1.82) is 0 Å². The Labute approximate surface area is 102 Å². The van der Waals surface area contributed by atoms with Crippen LogP contribution in [0, 0.1) is 0 Å². The lowest BCUT2D eigenvalue weighted by molar-refractivity contribution is 0.280. The molecule has 0 amide bonds. The second kappa shape index (κ2) is 5.46. The molecule has 0 bridgehead atoms. The Morgan fingerprint density at radius 3 is 2.29 bits per heavy atom. The van der Waals surface area contributed by atoms with Gasteiger partial charge in [-0.3, -0.25) is 0 Å². The molecule has 2 rings (SSSR count). The van der Waals surface area contributed by atoms with Gasteiger partial charge in [-0.05, 0) is 16.7 Å². The van der Waals surface area contributed by atoms with E-state index in [1.165, 1.54) is 0 Å². The molecule has 1 nitrogen and oxygen atoms in total. The summed E-state index contributed by atoms with van der Waals surface area (Å²) in [4.78, 5) is 0. The number of rotatable bonds is 4. The van der Waals surface area contributed by atoms with Crippen molar-refractivity contribution < 1.29 is 5.11 Å². The fourth-order valence-electron chi connectivity index (χ4n) is 2.08. The molecule has 0 aliphatic rings. The summed E-state index contributed by atoms with van der Waals surface area (Å²) in [7, 11) is 0. The van der Waals surface area contributed by atoms with E-state index in [4.69, 9.17) is 0 Å². The van der Waals surface area contributed by atoms with Crippen molar-refractivity contribution in [2.75, 3.05) is 6.61 Å². The molecule has 0 aliphatic heterocycles. The zero-order valence-corrected chi connectivity index (χ0v) is 9.71. The van der Waals surface area contributed by atoms with E-state index in [-0.39, 0.29) is 12.5 Å². The Morgan fingerprint density at radius 1 is 1.00 bits per heavy atom. The highest BCUT2D eigenvalue weighted by Crippen LogP contribution is 2.27. The van der Waals surface area contributed by atoms with Crippen molar-refractivity contribution >= 4 is 6.08 Å². The molecule has 1 unspecified atom stereocenters. The van der Waals surface area contributed by atoms with Gasteiger partial charge in [0.1, 0.15) is 0 Å². The quantitative estimate of drug-likeness (QED) is 0.843. The molecule has 0 radical (unpaired) electrons. The summed E-state index contributed by atoms with van der Waals surface area (Å²) in [5.41, 5.74) is 3.33. The van der Waals surface area contributed by atoms with Crippen molar-refractivity contribution in [3.8, 4) is 0 Å². The highest BCUT2D eigenvalue weighted by molar-refractivity contribution is 5.54. The highest BCUT2D eigenvalue weighted by atomic mass is 16.3. The van der Waals surface area contributed by atoms with Crippen molar-refractivity contribution in [1.82, 2.24) is 0 Å². The molecule has 1 N–H and O–H groups in total. The predicted molar refractivity (Wildman–Crippen MR) is 71.9 cm³/mol. The van der Waals surface area contributed by atoms with E-state index in [1.807, 2.05) is 60.7 Å². The van der Waals surface area contributed by atoms with Crippen LogP contribution in [0.5, 0.6) is 0 Å². The molecule has 2 aromatic carbocycles. The first-order valence-corrected chi connectivity index (χ1v) is 5.74. The minimum absolute atomic E-state index is 0.0189. The van der Waals surface area contributed by atoms with Gasteiger partial charge in [0.05, 0.1) is 6.61 Å². The summed E-state index contributed by atoms with van der Waals surface area (Å²) < 4.78 is 0. The maximum Gasteiger partial charge on any atom is 0.0540 e. The first kappa shape index (κ1) is 11.6. The van der Waals surface area contributed by atoms with Gasteiger partial charge in [-0.15, -0.1) is 0 Å². The lowest BCUT2D eigenvalue weighted by Crippen LogP contribution is -2.07. The van der Waals surface area contributed by atoms with E-state index in [0.29, 0.717) is 0 Å². The van der Waals surface area contributed by atoms with Crippen LogP contribution in [0.2, 0.25) is 0 Å². The third kappa shape index (κ3) is 2.45. The van der Waals surface area contributed by atoms with Gasteiger partial charge in [0.2, 0.25) is 0 Å². The average Bonchev–Trinajstić information content (AvgIpc) is 2.41. The summed E-state index contributed by atoms with van der Waals surface area (Å²) >= 11 is 0. The monoisotopic (exact) mass is 224 g/mol. The number of aliphatic hydroxyl groups is 1. The molecule has 0 heterocycles. The van der Waals surface area contributed by atoms with E-state index >= 15 is 0 Å². The van der Waals surface area contributed by atoms with Gasteiger partial charge in [-0.25, -0.2) is 0 Å². The SMILES string of the molecule is C=Cc1ccccc1C(CO)c1ccccc1. The Balaban J connectivity index is 2.46. The maximum atomic E-state index is 9.62. The van der Waals surface area contributed by atoms with Crippen LogP contribution in [-0.2, 0) is 0 Å².